The molecule has 0 saturated heterocycles. The van der Waals surface area contributed by atoms with Gasteiger partial charge in [-0.25, -0.2) is 0 Å². The van der Waals surface area contributed by atoms with Crippen LogP contribution in [0, 0.1) is 0 Å². The number of rotatable bonds is 14. The van der Waals surface area contributed by atoms with Crippen LogP contribution in [0.1, 0.15) is 76.7 Å². The van der Waals surface area contributed by atoms with Gasteiger partial charge in [0.05, 0.1) is 6.61 Å². The van der Waals surface area contributed by atoms with Gasteiger partial charge in [-0.05, 0) is 24.8 Å². The van der Waals surface area contributed by atoms with Crippen molar-refractivity contribution in [3.63, 3.8) is 0 Å². The molecule has 0 radical (unpaired) electrons. The van der Waals surface area contributed by atoms with Crippen molar-refractivity contribution in [2.24, 2.45) is 0 Å². The fourth-order valence-corrected chi connectivity index (χ4v) is 2.46. The van der Waals surface area contributed by atoms with Crippen molar-refractivity contribution in [3.05, 3.63) is 35.9 Å². The third-order valence-electron chi connectivity index (χ3n) is 4.02. The van der Waals surface area contributed by atoms with Gasteiger partial charge in [0.15, 0.2) is 0 Å². The highest BCUT2D eigenvalue weighted by atomic mass is 16.5. The average molecular weight is 348 g/mol. The molecule has 0 heterocycles. The SMILES string of the molecule is CCCCOC(=O)CCCCCCCCC(=O)OCc1ccccc1. The minimum Gasteiger partial charge on any atom is -0.466 e. The summed E-state index contributed by atoms with van der Waals surface area (Å²) >= 11 is 0. The van der Waals surface area contributed by atoms with Crippen molar-refractivity contribution < 1.29 is 19.1 Å². The van der Waals surface area contributed by atoms with E-state index in [2.05, 4.69) is 6.92 Å². The van der Waals surface area contributed by atoms with Crippen molar-refractivity contribution in [1.29, 1.82) is 0 Å². The monoisotopic (exact) mass is 348 g/mol. The van der Waals surface area contributed by atoms with E-state index in [9.17, 15) is 9.59 Å². The van der Waals surface area contributed by atoms with E-state index in [0.717, 1.165) is 56.9 Å². The van der Waals surface area contributed by atoms with Crippen LogP contribution < -0.4 is 0 Å². The van der Waals surface area contributed by atoms with Gasteiger partial charge in [0.2, 0.25) is 0 Å². The lowest BCUT2D eigenvalue weighted by molar-refractivity contribution is -0.145. The molecule has 4 heteroatoms. The average Bonchev–Trinajstić information content (AvgIpc) is 2.63. The molecule has 1 aromatic rings. The van der Waals surface area contributed by atoms with Crippen molar-refractivity contribution in [2.75, 3.05) is 6.61 Å². The number of hydrogen-bond acceptors (Lipinski definition) is 4. The number of ether oxygens (including phenoxy) is 2. The molecule has 0 bridgehead atoms. The summed E-state index contributed by atoms with van der Waals surface area (Å²) in [7, 11) is 0. The maximum Gasteiger partial charge on any atom is 0.306 e. The largest absolute Gasteiger partial charge is 0.466 e. The van der Waals surface area contributed by atoms with Crippen molar-refractivity contribution in [3.8, 4) is 0 Å². The fraction of sp³-hybridized carbons (Fsp3) is 0.619. The van der Waals surface area contributed by atoms with Gasteiger partial charge < -0.3 is 9.47 Å². The lowest BCUT2D eigenvalue weighted by Gasteiger charge is -2.05. The molecule has 0 atom stereocenters. The van der Waals surface area contributed by atoms with E-state index >= 15 is 0 Å². The van der Waals surface area contributed by atoms with E-state index in [0.29, 0.717) is 26.1 Å². The maximum atomic E-state index is 11.7. The molecular formula is C21H32O4. The first-order valence-electron chi connectivity index (χ1n) is 9.57. The van der Waals surface area contributed by atoms with Crippen LogP contribution in [0.15, 0.2) is 30.3 Å². The number of carbonyl (C=O) groups is 2. The first-order chi connectivity index (χ1) is 12.2. The number of benzene rings is 1. The number of hydrogen-bond donors (Lipinski definition) is 0. The number of carbonyl (C=O) groups excluding carboxylic acids is 2. The normalized spacial score (nSPS) is 10.4. The summed E-state index contributed by atoms with van der Waals surface area (Å²) in [5.41, 5.74) is 1.02. The first kappa shape index (κ1) is 21.2. The van der Waals surface area contributed by atoms with E-state index in [1.807, 2.05) is 30.3 Å². The lowest BCUT2D eigenvalue weighted by atomic mass is 10.1. The summed E-state index contributed by atoms with van der Waals surface area (Å²) in [5.74, 6) is -0.201. The molecule has 0 fully saturated rings. The quantitative estimate of drug-likeness (QED) is 0.343. The molecule has 4 nitrogen and oxygen atoms in total. The molecule has 0 N–H and O–H groups in total. The van der Waals surface area contributed by atoms with E-state index < -0.39 is 0 Å². The molecule has 0 aliphatic carbocycles. The van der Waals surface area contributed by atoms with Crippen LogP contribution >= 0.6 is 0 Å². The zero-order valence-corrected chi connectivity index (χ0v) is 15.5. The molecule has 1 rings (SSSR count). The summed E-state index contributed by atoms with van der Waals surface area (Å²) in [6, 6.07) is 9.72. The van der Waals surface area contributed by atoms with Crippen molar-refractivity contribution in [2.45, 2.75) is 77.7 Å². The Kier molecular flexibility index (Phi) is 12.3. The second kappa shape index (κ2) is 14.5. The molecule has 0 spiro atoms. The van der Waals surface area contributed by atoms with Crippen LogP contribution in [-0.4, -0.2) is 18.5 Å². The van der Waals surface area contributed by atoms with Crippen LogP contribution in [0.25, 0.3) is 0 Å². The van der Waals surface area contributed by atoms with E-state index in [1.165, 1.54) is 0 Å². The Bertz CT molecular complexity index is 470. The molecule has 0 aliphatic heterocycles. The number of esters is 2. The van der Waals surface area contributed by atoms with Crippen LogP contribution in [0.2, 0.25) is 0 Å². The Morgan fingerprint density at radius 2 is 1.32 bits per heavy atom. The lowest BCUT2D eigenvalue weighted by Crippen LogP contribution is -2.05. The highest BCUT2D eigenvalue weighted by Gasteiger charge is 2.04. The summed E-state index contributed by atoms with van der Waals surface area (Å²) in [5, 5.41) is 0. The molecule has 0 amide bonds. The summed E-state index contributed by atoms with van der Waals surface area (Å²) < 4.78 is 10.4. The topological polar surface area (TPSA) is 52.6 Å². The van der Waals surface area contributed by atoms with Crippen molar-refractivity contribution >= 4 is 11.9 Å². The minimum absolute atomic E-state index is 0.0744. The molecule has 25 heavy (non-hydrogen) atoms. The van der Waals surface area contributed by atoms with Gasteiger partial charge in [0, 0.05) is 12.8 Å². The van der Waals surface area contributed by atoms with Crippen LogP contribution in [-0.2, 0) is 25.7 Å². The molecule has 0 saturated carbocycles. The van der Waals surface area contributed by atoms with E-state index in [1.54, 1.807) is 0 Å². The third-order valence-corrected chi connectivity index (χ3v) is 4.02. The molecule has 0 aliphatic rings. The molecule has 140 valence electrons. The molecular weight excluding hydrogens is 316 g/mol. The number of unbranched alkanes of at least 4 members (excludes halogenated alkanes) is 6. The Hall–Kier alpha value is -1.84. The highest BCUT2D eigenvalue weighted by Crippen LogP contribution is 2.10. The van der Waals surface area contributed by atoms with Crippen molar-refractivity contribution in [1.82, 2.24) is 0 Å². The Morgan fingerprint density at radius 1 is 0.760 bits per heavy atom. The second-order valence-corrected chi connectivity index (χ2v) is 6.34. The van der Waals surface area contributed by atoms with Gasteiger partial charge in [-0.3, -0.25) is 9.59 Å². The summed E-state index contributed by atoms with van der Waals surface area (Å²) in [6.45, 7) is 2.99. The summed E-state index contributed by atoms with van der Waals surface area (Å²) in [6.07, 6.45) is 9.02. The summed E-state index contributed by atoms with van der Waals surface area (Å²) in [4.78, 5) is 23.1. The van der Waals surface area contributed by atoms with Gasteiger partial charge in [0.1, 0.15) is 6.61 Å². The van der Waals surface area contributed by atoms with E-state index in [-0.39, 0.29) is 11.9 Å². The Morgan fingerprint density at radius 3 is 1.92 bits per heavy atom. The zero-order valence-electron chi connectivity index (χ0n) is 15.5. The molecule has 0 aromatic heterocycles. The standard InChI is InChI=1S/C21H32O4/c1-2-3-17-24-20(22)15-11-6-4-5-7-12-16-21(23)25-18-19-13-9-8-10-14-19/h8-10,13-14H,2-7,11-12,15-18H2,1H3. The van der Waals surface area contributed by atoms with Crippen LogP contribution in [0.3, 0.4) is 0 Å². The zero-order chi connectivity index (χ0) is 18.2. The predicted octanol–water partition coefficient (Wildman–Crippen LogP) is 5.19. The minimum atomic E-state index is -0.126. The van der Waals surface area contributed by atoms with Gasteiger partial charge in [-0.2, -0.15) is 0 Å². The third kappa shape index (κ3) is 12.2. The van der Waals surface area contributed by atoms with Crippen LogP contribution in [0.5, 0.6) is 0 Å². The van der Waals surface area contributed by atoms with Gasteiger partial charge >= 0.3 is 11.9 Å². The maximum absolute atomic E-state index is 11.7. The first-order valence-corrected chi connectivity index (χ1v) is 9.57. The van der Waals surface area contributed by atoms with Crippen LogP contribution in [0.4, 0.5) is 0 Å². The molecule has 1 aromatic carbocycles. The molecule has 0 unspecified atom stereocenters. The fourth-order valence-electron chi connectivity index (χ4n) is 2.46. The predicted molar refractivity (Wildman–Crippen MR) is 99.0 cm³/mol. The van der Waals surface area contributed by atoms with Gasteiger partial charge in [-0.1, -0.05) is 69.4 Å². The Labute approximate surface area is 151 Å². The van der Waals surface area contributed by atoms with E-state index in [4.69, 9.17) is 9.47 Å². The van der Waals surface area contributed by atoms with Gasteiger partial charge in [-0.15, -0.1) is 0 Å². The Balaban J connectivity index is 1.88. The van der Waals surface area contributed by atoms with Gasteiger partial charge in [0.25, 0.3) is 0 Å². The highest BCUT2D eigenvalue weighted by molar-refractivity contribution is 5.69. The smallest absolute Gasteiger partial charge is 0.306 e. The second-order valence-electron chi connectivity index (χ2n) is 6.34.